The summed E-state index contributed by atoms with van der Waals surface area (Å²) in [6, 6.07) is -0.392. The van der Waals surface area contributed by atoms with Crippen molar-refractivity contribution < 1.29 is 9.53 Å². The number of esters is 1. The van der Waals surface area contributed by atoms with E-state index in [0.717, 1.165) is 12.3 Å². The third-order valence-electron chi connectivity index (χ3n) is 3.32. The molecule has 0 saturated heterocycles. The van der Waals surface area contributed by atoms with Crippen LogP contribution >= 0.6 is 0 Å². The van der Waals surface area contributed by atoms with Crippen molar-refractivity contribution in [3.63, 3.8) is 0 Å². The minimum absolute atomic E-state index is 0.264. The standard InChI is InChI=1S/C9H15NO2/c1-12-8(11)7(10)5-9-2-6(3-9)4-9/h6-7H,2-5,10H2,1H3/t6?,7-,9?/m0/s1. The van der Waals surface area contributed by atoms with Crippen molar-refractivity contribution in [1.29, 1.82) is 0 Å². The molecule has 3 aliphatic rings. The van der Waals surface area contributed by atoms with Crippen molar-refractivity contribution in [2.24, 2.45) is 17.1 Å². The van der Waals surface area contributed by atoms with Gasteiger partial charge in [0.2, 0.25) is 0 Å². The highest BCUT2D eigenvalue weighted by Gasteiger charge is 2.56. The average molecular weight is 169 g/mol. The molecular formula is C9H15NO2. The van der Waals surface area contributed by atoms with E-state index in [9.17, 15) is 4.79 Å². The van der Waals surface area contributed by atoms with Crippen molar-refractivity contribution in [3.05, 3.63) is 0 Å². The van der Waals surface area contributed by atoms with Crippen LogP contribution in [0.3, 0.4) is 0 Å². The maximum absolute atomic E-state index is 11.0. The highest BCUT2D eigenvalue weighted by atomic mass is 16.5. The fraction of sp³-hybridized carbons (Fsp3) is 0.889. The summed E-state index contributed by atoms with van der Waals surface area (Å²) >= 11 is 0. The van der Waals surface area contributed by atoms with Gasteiger partial charge < -0.3 is 10.5 Å². The Hall–Kier alpha value is -0.570. The summed E-state index contributed by atoms with van der Waals surface area (Å²) in [5, 5.41) is 0. The van der Waals surface area contributed by atoms with Crippen LogP contribution in [0.25, 0.3) is 0 Å². The van der Waals surface area contributed by atoms with Gasteiger partial charge in [0, 0.05) is 0 Å². The molecule has 0 radical (unpaired) electrons. The van der Waals surface area contributed by atoms with Crippen LogP contribution in [0, 0.1) is 11.3 Å². The zero-order valence-electron chi connectivity index (χ0n) is 7.38. The first-order valence-electron chi connectivity index (χ1n) is 4.49. The molecular weight excluding hydrogens is 154 g/mol. The maximum Gasteiger partial charge on any atom is 0.322 e. The van der Waals surface area contributed by atoms with E-state index in [2.05, 4.69) is 4.74 Å². The van der Waals surface area contributed by atoms with Crippen LogP contribution in [-0.2, 0) is 9.53 Å². The van der Waals surface area contributed by atoms with E-state index in [1.54, 1.807) is 0 Å². The molecule has 2 bridgehead atoms. The van der Waals surface area contributed by atoms with Crippen LogP contribution in [0.5, 0.6) is 0 Å². The Morgan fingerprint density at radius 2 is 2.25 bits per heavy atom. The summed E-state index contributed by atoms with van der Waals surface area (Å²) in [4.78, 5) is 11.0. The van der Waals surface area contributed by atoms with Crippen LogP contribution in [0.2, 0.25) is 0 Å². The van der Waals surface area contributed by atoms with Crippen molar-refractivity contribution >= 4 is 5.97 Å². The quantitative estimate of drug-likeness (QED) is 0.632. The van der Waals surface area contributed by atoms with E-state index in [-0.39, 0.29) is 5.97 Å². The van der Waals surface area contributed by atoms with Gasteiger partial charge in [-0.1, -0.05) is 0 Å². The summed E-state index contributed by atoms with van der Waals surface area (Å²) in [5.74, 6) is 0.689. The molecule has 0 aromatic heterocycles. The molecule has 0 unspecified atom stereocenters. The molecule has 0 aromatic rings. The average Bonchev–Trinajstić information content (AvgIpc) is 1.92. The van der Waals surface area contributed by atoms with Crippen LogP contribution in [0.1, 0.15) is 25.7 Å². The van der Waals surface area contributed by atoms with Gasteiger partial charge in [-0.15, -0.1) is 0 Å². The summed E-state index contributed by atoms with van der Waals surface area (Å²) in [5.41, 5.74) is 6.12. The predicted octanol–water partition coefficient (Wildman–Crippen LogP) is 0.677. The molecule has 3 nitrogen and oxygen atoms in total. The van der Waals surface area contributed by atoms with Crippen LogP contribution in [-0.4, -0.2) is 19.1 Å². The topological polar surface area (TPSA) is 52.3 Å². The molecule has 12 heavy (non-hydrogen) atoms. The molecule has 3 fully saturated rings. The Kier molecular flexibility index (Phi) is 1.65. The molecule has 0 aliphatic heterocycles. The SMILES string of the molecule is COC(=O)[C@@H](N)CC12CC(C1)C2. The highest BCUT2D eigenvalue weighted by molar-refractivity contribution is 5.75. The highest BCUT2D eigenvalue weighted by Crippen LogP contribution is 2.66. The van der Waals surface area contributed by atoms with E-state index in [4.69, 9.17) is 5.73 Å². The normalized spacial score (nSPS) is 39.3. The van der Waals surface area contributed by atoms with Gasteiger partial charge in [0.15, 0.2) is 0 Å². The number of ether oxygens (including phenoxy) is 1. The second-order valence-corrected chi connectivity index (χ2v) is 4.31. The molecule has 0 heterocycles. The number of methoxy groups -OCH3 is 1. The second-order valence-electron chi connectivity index (χ2n) is 4.31. The fourth-order valence-electron chi connectivity index (χ4n) is 2.61. The van der Waals surface area contributed by atoms with Gasteiger partial charge in [0.05, 0.1) is 7.11 Å². The fourth-order valence-corrected chi connectivity index (χ4v) is 2.61. The molecule has 0 aromatic carbocycles. The molecule has 3 aliphatic carbocycles. The molecule has 0 amide bonds. The lowest BCUT2D eigenvalue weighted by Crippen LogP contribution is -2.55. The van der Waals surface area contributed by atoms with Crippen molar-refractivity contribution in [2.75, 3.05) is 7.11 Å². The lowest BCUT2D eigenvalue weighted by Gasteiger charge is -2.62. The number of carbonyl (C=O) groups excluding carboxylic acids is 1. The minimum atomic E-state index is -0.392. The molecule has 3 rings (SSSR count). The predicted molar refractivity (Wildman–Crippen MR) is 44.4 cm³/mol. The van der Waals surface area contributed by atoms with E-state index in [0.29, 0.717) is 5.41 Å². The number of hydrogen-bond acceptors (Lipinski definition) is 3. The summed E-state index contributed by atoms with van der Waals surface area (Å²) in [6.07, 6.45) is 4.70. The van der Waals surface area contributed by atoms with Gasteiger partial charge in [0.25, 0.3) is 0 Å². The largest absolute Gasteiger partial charge is 0.468 e. The van der Waals surface area contributed by atoms with Gasteiger partial charge in [-0.05, 0) is 37.0 Å². The molecule has 2 N–H and O–H groups in total. The van der Waals surface area contributed by atoms with Gasteiger partial charge >= 0.3 is 5.97 Å². The van der Waals surface area contributed by atoms with Crippen LogP contribution in [0.4, 0.5) is 0 Å². The maximum atomic E-state index is 11.0. The van der Waals surface area contributed by atoms with Crippen LogP contribution in [0.15, 0.2) is 0 Å². The first-order valence-corrected chi connectivity index (χ1v) is 4.49. The minimum Gasteiger partial charge on any atom is -0.468 e. The third-order valence-corrected chi connectivity index (χ3v) is 3.32. The molecule has 1 atom stereocenters. The molecule has 3 heteroatoms. The molecule has 3 saturated carbocycles. The smallest absolute Gasteiger partial charge is 0.322 e. The zero-order chi connectivity index (χ0) is 8.77. The number of rotatable bonds is 3. The summed E-state index contributed by atoms with van der Waals surface area (Å²) < 4.78 is 4.58. The summed E-state index contributed by atoms with van der Waals surface area (Å²) in [7, 11) is 1.39. The van der Waals surface area contributed by atoms with E-state index >= 15 is 0 Å². The monoisotopic (exact) mass is 169 g/mol. The first kappa shape index (κ1) is 8.05. The third kappa shape index (κ3) is 1.04. The van der Waals surface area contributed by atoms with Crippen molar-refractivity contribution in [3.8, 4) is 0 Å². The molecule has 0 spiro atoms. The summed E-state index contributed by atoms with van der Waals surface area (Å²) in [6.45, 7) is 0. The van der Waals surface area contributed by atoms with E-state index in [1.807, 2.05) is 0 Å². The zero-order valence-corrected chi connectivity index (χ0v) is 7.38. The Morgan fingerprint density at radius 1 is 1.67 bits per heavy atom. The molecule has 68 valence electrons. The van der Waals surface area contributed by atoms with Gasteiger partial charge in [-0.3, -0.25) is 4.79 Å². The van der Waals surface area contributed by atoms with Crippen molar-refractivity contribution in [1.82, 2.24) is 0 Å². The Balaban J connectivity index is 1.82. The number of carbonyl (C=O) groups is 1. The van der Waals surface area contributed by atoms with Gasteiger partial charge in [-0.2, -0.15) is 0 Å². The number of nitrogens with two attached hydrogens (primary N) is 1. The van der Waals surface area contributed by atoms with Gasteiger partial charge in [0.1, 0.15) is 6.04 Å². The Bertz CT molecular complexity index is 198. The Morgan fingerprint density at radius 3 is 2.58 bits per heavy atom. The number of hydrogen-bond donors (Lipinski definition) is 1. The Labute approximate surface area is 72.3 Å². The second kappa shape index (κ2) is 2.46. The van der Waals surface area contributed by atoms with E-state index in [1.165, 1.54) is 26.4 Å². The van der Waals surface area contributed by atoms with Gasteiger partial charge in [-0.25, -0.2) is 0 Å². The lowest BCUT2D eigenvalue weighted by molar-refractivity contribution is -0.151. The first-order chi connectivity index (χ1) is 5.65. The van der Waals surface area contributed by atoms with Crippen molar-refractivity contribution in [2.45, 2.75) is 31.7 Å². The lowest BCUT2D eigenvalue weighted by atomic mass is 9.43. The van der Waals surface area contributed by atoms with E-state index < -0.39 is 6.04 Å². The van der Waals surface area contributed by atoms with Crippen LogP contribution < -0.4 is 5.73 Å².